The van der Waals surface area contributed by atoms with Gasteiger partial charge in [-0.3, -0.25) is 4.98 Å². The molecule has 98 valence electrons. The van der Waals surface area contributed by atoms with Crippen LogP contribution in [0.1, 0.15) is 5.56 Å². The molecule has 0 spiro atoms. The van der Waals surface area contributed by atoms with Gasteiger partial charge in [-0.15, -0.1) is 0 Å². The predicted octanol–water partition coefficient (Wildman–Crippen LogP) is 2.92. The van der Waals surface area contributed by atoms with Crippen LogP contribution in [0.3, 0.4) is 0 Å². The van der Waals surface area contributed by atoms with Gasteiger partial charge >= 0.3 is 0 Å². The van der Waals surface area contributed by atoms with Crippen LogP contribution in [0, 0.1) is 17.1 Å². The molecule has 2 aromatic rings. The first-order chi connectivity index (χ1) is 9.17. The number of fused-ring (bicyclic) bond motifs is 1. The predicted molar refractivity (Wildman–Crippen MR) is 68.8 cm³/mol. The van der Waals surface area contributed by atoms with Gasteiger partial charge in [-0.1, -0.05) is 11.6 Å². The van der Waals surface area contributed by atoms with E-state index in [0.29, 0.717) is 17.5 Å². The van der Waals surface area contributed by atoms with Crippen molar-refractivity contribution in [2.75, 3.05) is 20.3 Å². The van der Waals surface area contributed by atoms with Crippen molar-refractivity contribution in [1.29, 1.82) is 5.26 Å². The average Bonchev–Trinajstić information content (AvgIpc) is 2.41. The summed E-state index contributed by atoms with van der Waals surface area (Å²) in [4.78, 5) is 3.98. The van der Waals surface area contributed by atoms with E-state index in [-0.39, 0.29) is 22.9 Å². The molecule has 0 radical (unpaired) electrons. The molecule has 6 heteroatoms. The number of aromatic nitrogens is 1. The summed E-state index contributed by atoms with van der Waals surface area (Å²) in [6.07, 6.45) is 1.32. The molecule has 0 N–H and O–H groups in total. The number of ether oxygens (including phenoxy) is 2. The van der Waals surface area contributed by atoms with Crippen molar-refractivity contribution in [3.05, 3.63) is 34.7 Å². The van der Waals surface area contributed by atoms with Gasteiger partial charge in [0.25, 0.3) is 0 Å². The lowest BCUT2D eigenvalue weighted by Crippen LogP contribution is -2.05. The van der Waals surface area contributed by atoms with Crippen LogP contribution in [0.4, 0.5) is 4.39 Å². The Morgan fingerprint density at radius 3 is 2.89 bits per heavy atom. The topological polar surface area (TPSA) is 55.1 Å². The number of nitrogens with zero attached hydrogens (tertiary/aromatic N) is 2. The third kappa shape index (κ3) is 2.75. The first-order valence-corrected chi connectivity index (χ1v) is 5.84. The maximum atomic E-state index is 13.7. The molecule has 1 aromatic heterocycles. The standard InChI is InChI=1S/C13H10ClFN2O2/c1-18-2-3-19-12-4-9-11(5-10(12)15)17-7-8(6-16)13(9)14/h4-5,7H,2-3H2,1H3. The summed E-state index contributed by atoms with van der Waals surface area (Å²) >= 11 is 6.06. The molecule has 0 atom stereocenters. The van der Waals surface area contributed by atoms with E-state index in [9.17, 15) is 4.39 Å². The highest BCUT2D eigenvalue weighted by molar-refractivity contribution is 6.36. The Hall–Kier alpha value is -1.90. The third-order valence-corrected chi connectivity index (χ3v) is 2.93. The second-order valence-electron chi connectivity index (χ2n) is 3.74. The summed E-state index contributed by atoms with van der Waals surface area (Å²) in [5, 5.41) is 9.60. The molecule has 0 saturated carbocycles. The van der Waals surface area contributed by atoms with Crippen molar-refractivity contribution in [1.82, 2.24) is 4.98 Å². The zero-order valence-corrected chi connectivity index (χ0v) is 10.9. The molecule has 4 nitrogen and oxygen atoms in total. The summed E-state index contributed by atoms with van der Waals surface area (Å²) < 4.78 is 23.8. The van der Waals surface area contributed by atoms with Crippen LogP contribution in [0.25, 0.3) is 10.9 Å². The van der Waals surface area contributed by atoms with Crippen LogP contribution in [-0.4, -0.2) is 25.3 Å². The number of pyridine rings is 1. The first-order valence-electron chi connectivity index (χ1n) is 5.47. The van der Waals surface area contributed by atoms with Crippen LogP contribution >= 0.6 is 11.6 Å². The lowest BCUT2D eigenvalue weighted by atomic mass is 10.1. The summed E-state index contributed by atoms with van der Waals surface area (Å²) in [6, 6.07) is 4.59. The molecule has 0 amide bonds. The van der Waals surface area contributed by atoms with Crippen LogP contribution in [-0.2, 0) is 4.74 Å². The quantitative estimate of drug-likeness (QED) is 0.808. The van der Waals surface area contributed by atoms with E-state index in [4.69, 9.17) is 26.3 Å². The lowest BCUT2D eigenvalue weighted by molar-refractivity contribution is 0.144. The van der Waals surface area contributed by atoms with Gasteiger partial charge < -0.3 is 9.47 Å². The number of halogens is 2. The SMILES string of the molecule is COCCOc1cc2c(Cl)c(C#N)cnc2cc1F. The number of methoxy groups -OCH3 is 1. The largest absolute Gasteiger partial charge is 0.488 e. The Labute approximate surface area is 114 Å². The van der Waals surface area contributed by atoms with Gasteiger partial charge in [0.05, 0.1) is 22.7 Å². The van der Waals surface area contributed by atoms with Crippen molar-refractivity contribution in [2.45, 2.75) is 0 Å². The fourth-order valence-electron chi connectivity index (χ4n) is 1.58. The second kappa shape index (κ2) is 5.83. The van der Waals surface area contributed by atoms with Crippen molar-refractivity contribution >= 4 is 22.5 Å². The first kappa shape index (κ1) is 13.5. The highest BCUT2D eigenvalue weighted by Gasteiger charge is 2.12. The van der Waals surface area contributed by atoms with Crippen molar-refractivity contribution < 1.29 is 13.9 Å². The summed E-state index contributed by atoms with van der Waals surface area (Å²) in [5.41, 5.74) is 0.615. The minimum atomic E-state index is -0.531. The Balaban J connectivity index is 2.47. The van der Waals surface area contributed by atoms with Crippen LogP contribution in [0.15, 0.2) is 18.3 Å². The van der Waals surface area contributed by atoms with Crippen LogP contribution < -0.4 is 4.74 Å². The van der Waals surface area contributed by atoms with Crippen molar-refractivity contribution in [2.24, 2.45) is 0 Å². The molecule has 2 rings (SSSR count). The maximum absolute atomic E-state index is 13.7. The normalized spacial score (nSPS) is 10.4. The minimum Gasteiger partial charge on any atom is -0.488 e. The van der Waals surface area contributed by atoms with E-state index >= 15 is 0 Å². The smallest absolute Gasteiger partial charge is 0.167 e. The Morgan fingerprint density at radius 2 is 2.21 bits per heavy atom. The number of benzene rings is 1. The zero-order valence-electron chi connectivity index (χ0n) is 10.1. The molecule has 0 fully saturated rings. The molecule has 0 aliphatic heterocycles. The average molecular weight is 281 g/mol. The summed E-state index contributed by atoms with van der Waals surface area (Å²) in [5.74, 6) is -0.472. The van der Waals surface area contributed by atoms with E-state index in [1.165, 1.54) is 25.4 Å². The zero-order chi connectivity index (χ0) is 13.8. The Morgan fingerprint density at radius 1 is 1.42 bits per heavy atom. The maximum Gasteiger partial charge on any atom is 0.167 e. The van der Waals surface area contributed by atoms with E-state index < -0.39 is 5.82 Å². The van der Waals surface area contributed by atoms with Gasteiger partial charge in [0.1, 0.15) is 12.7 Å². The fraction of sp³-hybridized carbons (Fsp3) is 0.231. The number of nitriles is 1. The third-order valence-electron chi connectivity index (χ3n) is 2.52. The monoisotopic (exact) mass is 280 g/mol. The van der Waals surface area contributed by atoms with E-state index in [0.717, 1.165) is 0 Å². The molecule has 0 unspecified atom stereocenters. The van der Waals surface area contributed by atoms with E-state index in [1.54, 1.807) is 0 Å². The highest BCUT2D eigenvalue weighted by atomic mass is 35.5. The molecular formula is C13H10ClFN2O2. The molecule has 0 aliphatic carbocycles. The van der Waals surface area contributed by atoms with E-state index in [1.807, 2.05) is 6.07 Å². The van der Waals surface area contributed by atoms with Gasteiger partial charge in [-0.2, -0.15) is 5.26 Å². The number of hydrogen-bond donors (Lipinski definition) is 0. The van der Waals surface area contributed by atoms with Gasteiger partial charge in [0.2, 0.25) is 0 Å². The number of rotatable bonds is 4. The van der Waals surface area contributed by atoms with Gasteiger partial charge in [-0.05, 0) is 6.07 Å². The van der Waals surface area contributed by atoms with Crippen molar-refractivity contribution in [3.63, 3.8) is 0 Å². The molecule has 19 heavy (non-hydrogen) atoms. The molecule has 0 bridgehead atoms. The minimum absolute atomic E-state index is 0.0586. The van der Waals surface area contributed by atoms with Crippen LogP contribution in [0.2, 0.25) is 5.02 Å². The van der Waals surface area contributed by atoms with Crippen molar-refractivity contribution in [3.8, 4) is 11.8 Å². The highest BCUT2D eigenvalue weighted by Crippen LogP contribution is 2.30. The summed E-state index contributed by atoms with van der Waals surface area (Å²) in [6.45, 7) is 0.573. The fourth-order valence-corrected chi connectivity index (χ4v) is 1.83. The molecule has 0 aliphatic rings. The number of hydrogen-bond acceptors (Lipinski definition) is 4. The van der Waals surface area contributed by atoms with Gasteiger partial charge in [0, 0.05) is 24.8 Å². The van der Waals surface area contributed by atoms with Gasteiger partial charge in [0.15, 0.2) is 11.6 Å². The lowest BCUT2D eigenvalue weighted by Gasteiger charge is -2.09. The Bertz CT molecular complexity index is 655. The molecular weight excluding hydrogens is 271 g/mol. The molecule has 1 heterocycles. The molecule has 1 aromatic carbocycles. The van der Waals surface area contributed by atoms with E-state index in [2.05, 4.69) is 4.98 Å². The second-order valence-corrected chi connectivity index (χ2v) is 4.12. The Kier molecular flexibility index (Phi) is 4.15. The summed E-state index contributed by atoms with van der Waals surface area (Å²) in [7, 11) is 1.53. The van der Waals surface area contributed by atoms with Gasteiger partial charge in [-0.25, -0.2) is 4.39 Å². The van der Waals surface area contributed by atoms with Crippen LogP contribution in [0.5, 0.6) is 5.75 Å². The molecule has 0 saturated heterocycles.